The first-order valence-corrected chi connectivity index (χ1v) is 8.28. The number of fused-ring (bicyclic) bond motifs is 1. The fourth-order valence-electron chi connectivity index (χ4n) is 2.84. The molecule has 0 bridgehead atoms. The van der Waals surface area contributed by atoms with Crippen molar-refractivity contribution in [2.75, 3.05) is 6.79 Å². The van der Waals surface area contributed by atoms with E-state index in [2.05, 4.69) is 28.4 Å². The van der Waals surface area contributed by atoms with Gasteiger partial charge in [0.15, 0.2) is 11.5 Å². The van der Waals surface area contributed by atoms with Gasteiger partial charge in [-0.25, -0.2) is 9.97 Å². The molecule has 118 valence electrons. The Morgan fingerprint density at radius 1 is 1.17 bits per heavy atom. The van der Waals surface area contributed by atoms with Crippen LogP contribution in [0.5, 0.6) is 11.5 Å². The number of thiazole rings is 1. The monoisotopic (exact) mass is 327 g/mol. The summed E-state index contributed by atoms with van der Waals surface area (Å²) in [4.78, 5) is 10.3. The lowest BCUT2D eigenvalue weighted by Crippen LogP contribution is -2.02. The molecule has 0 spiro atoms. The lowest BCUT2D eigenvalue weighted by Gasteiger charge is -2.10. The summed E-state index contributed by atoms with van der Waals surface area (Å²) in [6.07, 6.45) is 3.84. The average molecular weight is 327 g/mol. The van der Waals surface area contributed by atoms with Crippen LogP contribution in [0.2, 0.25) is 0 Å². The van der Waals surface area contributed by atoms with Gasteiger partial charge in [-0.05, 0) is 38.5 Å². The molecule has 3 heterocycles. The molecule has 5 nitrogen and oxygen atoms in total. The predicted octanol–water partition coefficient (Wildman–Crippen LogP) is 3.71. The molecule has 0 saturated heterocycles. The van der Waals surface area contributed by atoms with E-state index in [1.165, 1.54) is 4.88 Å². The molecule has 0 amide bonds. The fraction of sp³-hybridized carbons (Fsp3) is 0.294. The summed E-state index contributed by atoms with van der Waals surface area (Å²) >= 11 is 1.74. The fourth-order valence-corrected chi connectivity index (χ4v) is 3.78. The Hall–Kier alpha value is -2.34. The van der Waals surface area contributed by atoms with Crippen LogP contribution in [-0.2, 0) is 6.54 Å². The Balaban J connectivity index is 1.74. The molecule has 6 heteroatoms. The zero-order chi connectivity index (χ0) is 16.0. The Kier molecular flexibility index (Phi) is 3.34. The Labute approximate surface area is 138 Å². The molecule has 0 aliphatic carbocycles. The van der Waals surface area contributed by atoms with Crippen molar-refractivity contribution in [3.63, 3.8) is 0 Å². The quantitative estimate of drug-likeness (QED) is 0.736. The summed E-state index contributed by atoms with van der Waals surface area (Å²) in [6.45, 7) is 7.23. The van der Waals surface area contributed by atoms with Gasteiger partial charge in [-0.2, -0.15) is 0 Å². The van der Waals surface area contributed by atoms with Crippen LogP contribution >= 0.6 is 11.3 Å². The summed E-state index contributed by atoms with van der Waals surface area (Å²) in [5, 5.41) is 1.10. The highest BCUT2D eigenvalue weighted by Gasteiger charge is 2.19. The lowest BCUT2D eigenvalue weighted by molar-refractivity contribution is 0.174. The molecular weight excluding hydrogens is 310 g/mol. The summed E-state index contributed by atoms with van der Waals surface area (Å²) < 4.78 is 13.1. The van der Waals surface area contributed by atoms with Gasteiger partial charge in [0.25, 0.3) is 0 Å². The summed E-state index contributed by atoms with van der Waals surface area (Å²) in [5.74, 6) is 2.52. The van der Waals surface area contributed by atoms with Crippen LogP contribution in [0.1, 0.15) is 21.1 Å². The minimum atomic E-state index is 0.284. The van der Waals surface area contributed by atoms with Gasteiger partial charge in [0.05, 0.1) is 17.2 Å². The van der Waals surface area contributed by atoms with Gasteiger partial charge in [-0.15, -0.1) is 11.3 Å². The standard InChI is InChI=1S/C17H17N3O2S/c1-10-6-14-15(22-9-21-14)7-13(10)17-18-4-5-20(17)8-16-11(2)19-12(3)23-16/h4-7H,8-9H2,1-3H3. The van der Waals surface area contributed by atoms with Crippen LogP contribution < -0.4 is 9.47 Å². The summed E-state index contributed by atoms with van der Waals surface area (Å²) in [6, 6.07) is 4.03. The number of rotatable bonds is 3. The first-order chi connectivity index (χ1) is 11.1. The van der Waals surface area contributed by atoms with Gasteiger partial charge in [-0.3, -0.25) is 0 Å². The first-order valence-electron chi connectivity index (χ1n) is 7.46. The van der Waals surface area contributed by atoms with Gasteiger partial charge in [0.1, 0.15) is 5.82 Å². The van der Waals surface area contributed by atoms with Crippen molar-refractivity contribution in [3.8, 4) is 22.9 Å². The second kappa shape index (κ2) is 5.38. The highest BCUT2D eigenvalue weighted by atomic mass is 32.1. The Bertz CT molecular complexity index is 882. The van der Waals surface area contributed by atoms with Crippen LogP contribution in [-0.4, -0.2) is 21.3 Å². The number of nitrogens with zero attached hydrogens (tertiary/aromatic N) is 3. The summed E-state index contributed by atoms with van der Waals surface area (Å²) in [5.41, 5.74) is 3.28. The number of hydrogen-bond donors (Lipinski definition) is 0. The van der Waals surface area contributed by atoms with Gasteiger partial charge in [-0.1, -0.05) is 0 Å². The molecule has 0 N–H and O–H groups in total. The van der Waals surface area contributed by atoms with Crippen molar-refractivity contribution in [2.24, 2.45) is 0 Å². The third-order valence-electron chi connectivity index (χ3n) is 3.99. The average Bonchev–Trinajstić information content (AvgIpc) is 3.19. The maximum atomic E-state index is 5.51. The van der Waals surface area contributed by atoms with E-state index in [4.69, 9.17) is 9.47 Å². The highest BCUT2D eigenvalue weighted by Crippen LogP contribution is 2.38. The number of imidazole rings is 1. The second-order valence-corrected chi connectivity index (χ2v) is 6.93. The first kappa shape index (κ1) is 14.3. The molecule has 3 aromatic rings. The van der Waals surface area contributed by atoms with Crippen molar-refractivity contribution in [3.05, 3.63) is 45.7 Å². The molecule has 0 radical (unpaired) electrons. The van der Waals surface area contributed by atoms with Crippen LogP contribution in [0.15, 0.2) is 24.5 Å². The molecule has 4 rings (SSSR count). The molecule has 0 saturated carbocycles. The van der Waals surface area contributed by atoms with Crippen molar-refractivity contribution >= 4 is 11.3 Å². The molecule has 1 aliphatic heterocycles. The zero-order valence-corrected chi connectivity index (χ0v) is 14.1. The predicted molar refractivity (Wildman–Crippen MR) is 89.2 cm³/mol. The number of ether oxygens (including phenoxy) is 2. The Morgan fingerprint density at radius 3 is 2.70 bits per heavy atom. The van der Waals surface area contributed by atoms with Crippen LogP contribution in [0.25, 0.3) is 11.4 Å². The highest BCUT2D eigenvalue weighted by molar-refractivity contribution is 7.11. The maximum Gasteiger partial charge on any atom is 0.231 e. The molecule has 2 aromatic heterocycles. The lowest BCUT2D eigenvalue weighted by atomic mass is 10.1. The molecule has 23 heavy (non-hydrogen) atoms. The number of aromatic nitrogens is 3. The normalized spacial score (nSPS) is 12.8. The van der Waals surface area contributed by atoms with E-state index in [1.54, 1.807) is 11.3 Å². The van der Waals surface area contributed by atoms with E-state index in [0.717, 1.165) is 45.7 Å². The molecule has 0 unspecified atom stereocenters. The third kappa shape index (κ3) is 2.49. The van der Waals surface area contributed by atoms with Crippen molar-refractivity contribution in [2.45, 2.75) is 27.3 Å². The largest absolute Gasteiger partial charge is 0.454 e. The number of aryl methyl sites for hydroxylation is 3. The number of benzene rings is 1. The maximum absolute atomic E-state index is 5.51. The minimum Gasteiger partial charge on any atom is -0.454 e. The number of hydrogen-bond acceptors (Lipinski definition) is 5. The Morgan fingerprint density at radius 2 is 1.96 bits per heavy atom. The van der Waals surface area contributed by atoms with E-state index in [-0.39, 0.29) is 6.79 Å². The molecule has 1 aliphatic rings. The SMILES string of the molecule is Cc1nc(C)c(Cn2ccnc2-c2cc3c(cc2C)OCO3)s1. The molecular formula is C17H17N3O2S. The molecule has 1 aromatic carbocycles. The van der Waals surface area contributed by atoms with E-state index < -0.39 is 0 Å². The van der Waals surface area contributed by atoms with Crippen molar-refractivity contribution in [1.29, 1.82) is 0 Å². The molecule has 0 fully saturated rings. The minimum absolute atomic E-state index is 0.284. The smallest absolute Gasteiger partial charge is 0.231 e. The van der Waals surface area contributed by atoms with Crippen molar-refractivity contribution < 1.29 is 9.47 Å². The topological polar surface area (TPSA) is 49.2 Å². The second-order valence-electron chi connectivity index (χ2n) is 5.64. The van der Waals surface area contributed by atoms with Gasteiger partial charge in [0, 0.05) is 22.8 Å². The third-order valence-corrected chi connectivity index (χ3v) is 5.05. The van der Waals surface area contributed by atoms with Gasteiger partial charge in [0.2, 0.25) is 6.79 Å². The van der Waals surface area contributed by atoms with Gasteiger partial charge < -0.3 is 14.0 Å². The van der Waals surface area contributed by atoms with E-state index in [0.29, 0.717) is 0 Å². The van der Waals surface area contributed by atoms with Crippen LogP contribution in [0, 0.1) is 20.8 Å². The van der Waals surface area contributed by atoms with E-state index in [9.17, 15) is 0 Å². The summed E-state index contributed by atoms with van der Waals surface area (Å²) in [7, 11) is 0. The van der Waals surface area contributed by atoms with Gasteiger partial charge >= 0.3 is 0 Å². The van der Waals surface area contributed by atoms with E-state index >= 15 is 0 Å². The van der Waals surface area contributed by atoms with Crippen molar-refractivity contribution in [1.82, 2.24) is 14.5 Å². The molecule has 0 atom stereocenters. The van der Waals surface area contributed by atoms with E-state index in [1.807, 2.05) is 31.5 Å². The van der Waals surface area contributed by atoms with Crippen LogP contribution in [0.4, 0.5) is 0 Å². The zero-order valence-electron chi connectivity index (χ0n) is 13.3. The van der Waals surface area contributed by atoms with Crippen LogP contribution in [0.3, 0.4) is 0 Å².